The van der Waals surface area contributed by atoms with Crippen molar-refractivity contribution in [2.45, 2.75) is 26.4 Å². The molecule has 4 aromatic rings. The molecule has 2 heterocycles. The van der Waals surface area contributed by atoms with E-state index in [0.717, 1.165) is 27.8 Å². The number of pyridine rings is 1. The van der Waals surface area contributed by atoms with E-state index in [1.165, 1.54) is 0 Å². The van der Waals surface area contributed by atoms with Gasteiger partial charge >= 0.3 is 5.97 Å². The number of nitrogens with zero attached hydrogens (tertiary/aromatic N) is 1. The van der Waals surface area contributed by atoms with Crippen LogP contribution in [0.25, 0.3) is 10.9 Å². The van der Waals surface area contributed by atoms with Crippen molar-refractivity contribution in [2.75, 3.05) is 6.61 Å². The van der Waals surface area contributed by atoms with Crippen molar-refractivity contribution in [3.63, 3.8) is 0 Å². The van der Waals surface area contributed by atoms with E-state index in [4.69, 9.17) is 14.1 Å². The number of rotatable bonds is 7. The summed E-state index contributed by atoms with van der Waals surface area (Å²) in [7, 11) is 0. The van der Waals surface area contributed by atoms with Crippen LogP contribution in [0.15, 0.2) is 77.4 Å². The van der Waals surface area contributed by atoms with Crippen molar-refractivity contribution in [1.29, 1.82) is 0 Å². The first-order valence-corrected chi connectivity index (χ1v) is 10.1. The van der Waals surface area contributed by atoms with E-state index in [-0.39, 0.29) is 12.0 Å². The average molecular weight is 400 g/mol. The Morgan fingerprint density at radius 3 is 2.57 bits per heavy atom. The van der Waals surface area contributed by atoms with Gasteiger partial charge in [0.15, 0.2) is 0 Å². The van der Waals surface area contributed by atoms with Gasteiger partial charge in [-0.1, -0.05) is 48.5 Å². The Morgan fingerprint density at radius 2 is 1.83 bits per heavy atom. The fourth-order valence-electron chi connectivity index (χ4n) is 3.73. The molecule has 152 valence electrons. The second-order valence-electron chi connectivity index (χ2n) is 7.04. The standard InChI is InChI=1S/C25H24N2O3/c1-3-29-25(28)23-17(2)19-12-7-8-13-20(19)27-21(23)16-26-24(22-14-9-15-30-22)18-10-5-4-6-11-18/h4-15,24,26H,3,16H2,1-2H3/t24-/m1/s1. The summed E-state index contributed by atoms with van der Waals surface area (Å²) in [6.45, 7) is 4.46. The van der Waals surface area contributed by atoms with Crippen LogP contribution in [0, 0.1) is 6.92 Å². The molecule has 5 heteroatoms. The van der Waals surface area contributed by atoms with Gasteiger partial charge < -0.3 is 9.15 Å². The minimum atomic E-state index is -0.348. The fourth-order valence-corrected chi connectivity index (χ4v) is 3.73. The Kier molecular flexibility index (Phi) is 5.91. The molecule has 1 N–H and O–H groups in total. The molecule has 30 heavy (non-hydrogen) atoms. The van der Waals surface area contributed by atoms with Crippen LogP contribution >= 0.6 is 0 Å². The number of furan rings is 1. The Bertz CT molecular complexity index is 1140. The predicted octanol–water partition coefficient (Wildman–Crippen LogP) is 5.19. The average Bonchev–Trinajstić information content (AvgIpc) is 3.29. The minimum absolute atomic E-state index is 0.162. The van der Waals surface area contributed by atoms with Crippen LogP contribution in [0.5, 0.6) is 0 Å². The van der Waals surface area contributed by atoms with E-state index >= 15 is 0 Å². The van der Waals surface area contributed by atoms with E-state index in [9.17, 15) is 4.79 Å². The first kappa shape index (κ1) is 19.9. The Balaban J connectivity index is 1.73. The van der Waals surface area contributed by atoms with E-state index < -0.39 is 0 Å². The number of hydrogen-bond acceptors (Lipinski definition) is 5. The van der Waals surface area contributed by atoms with Gasteiger partial charge in [-0.05, 0) is 43.2 Å². The number of para-hydroxylation sites is 1. The molecule has 0 fully saturated rings. The second-order valence-corrected chi connectivity index (χ2v) is 7.04. The van der Waals surface area contributed by atoms with Gasteiger partial charge in [0.2, 0.25) is 0 Å². The molecule has 5 nitrogen and oxygen atoms in total. The summed E-state index contributed by atoms with van der Waals surface area (Å²) in [5.41, 5.74) is 3.99. The highest BCUT2D eigenvalue weighted by Gasteiger charge is 2.22. The minimum Gasteiger partial charge on any atom is -0.467 e. The van der Waals surface area contributed by atoms with Crippen LogP contribution in [0.4, 0.5) is 0 Å². The number of carbonyl (C=O) groups excluding carboxylic acids is 1. The molecule has 0 aliphatic carbocycles. The summed E-state index contributed by atoms with van der Waals surface area (Å²) in [6, 6.07) is 21.6. The maximum atomic E-state index is 12.8. The molecule has 2 aromatic carbocycles. The SMILES string of the molecule is CCOC(=O)c1c(CN[C@H](c2ccccc2)c2ccco2)nc2ccccc2c1C. The van der Waals surface area contributed by atoms with E-state index in [1.54, 1.807) is 6.26 Å². The summed E-state index contributed by atoms with van der Waals surface area (Å²) in [5.74, 6) is 0.454. The van der Waals surface area contributed by atoms with Crippen LogP contribution in [0.1, 0.15) is 45.9 Å². The topological polar surface area (TPSA) is 64.4 Å². The van der Waals surface area contributed by atoms with Crippen LogP contribution in [-0.2, 0) is 11.3 Å². The smallest absolute Gasteiger partial charge is 0.340 e. The second kappa shape index (κ2) is 8.93. The summed E-state index contributed by atoms with van der Waals surface area (Å²) < 4.78 is 11.0. The lowest BCUT2D eigenvalue weighted by molar-refractivity contribution is 0.0523. The van der Waals surface area contributed by atoms with Gasteiger partial charge in [0.25, 0.3) is 0 Å². The van der Waals surface area contributed by atoms with Crippen molar-refractivity contribution < 1.29 is 13.9 Å². The van der Waals surface area contributed by atoms with Crippen molar-refractivity contribution in [3.8, 4) is 0 Å². The number of esters is 1. The lowest BCUT2D eigenvalue weighted by Gasteiger charge is -2.19. The Morgan fingerprint density at radius 1 is 1.07 bits per heavy atom. The van der Waals surface area contributed by atoms with Gasteiger partial charge in [0.05, 0.1) is 35.7 Å². The number of nitrogens with one attached hydrogen (secondary N) is 1. The Hall–Kier alpha value is -3.44. The molecule has 0 saturated heterocycles. The predicted molar refractivity (Wildman–Crippen MR) is 116 cm³/mol. The molecular formula is C25H24N2O3. The fraction of sp³-hybridized carbons (Fsp3) is 0.200. The molecule has 4 rings (SSSR count). The first-order chi connectivity index (χ1) is 14.7. The molecule has 0 saturated carbocycles. The zero-order valence-electron chi connectivity index (χ0n) is 17.1. The van der Waals surface area contributed by atoms with Crippen LogP contribution in [-0.4, -0.2) is 17.6 Å². The summed E-state index contributed by atoms with van der Waals surface area (Å²) >= 11 is 0. The third-order valence-corrected chi connectivity index (χ3v) is 5.14. The lowest BCUT2D eigenvalue weighted by Crippen LogP contribution is -2.24. The normalized spacial score (nSPS) is 12.1. The summed E-state index contributed by atoms with van der Waals surface area (Å²) in [5, 5.41) is 4.47. The van der Waals surface area contributed by atoms with E-state index in [1.807, 2.05) is 80.6 Å². The van der Waals surface area contributed by atoms with Crippen molar-refractivity contribution >= 4 is 16.9 Å². The lowest BCUT2D eigenvalue weighted by atomic mass is 10.0. The van der Waals surface area contributed by atoms with Gasteiger partial charge in [-0.3, -0.25) is 10.3 Å². The quantitative estimate of drug-likeness (QED) is 0.432. The molecule has 0 amide bonds. The monoisotopic (exact) mass is 400 g/mol. The van der Waals surface area contributed by atoms with Gasteiger partial charge in [-0.25, -0.2) is 4.79 Å². The maximum Gasteiger partial charge on any atom is 0.340 e. The number of benzene rings is 2. The van der Waals surface area contributed by atoms with Gasteiger partial charge in [0.1, 0.15) is 5.76 Å². The highest BCUT2D eigenvalue weighted by molar-refractivity contribution is 5.98. The molecule has 0 radical (unpaired) electrons. The number of hydrogen-bond donors (Lipinski definition) is 1. The molecular weight excluding hydrogens is 376 g/mol. The van der Waals surface area contributed by atoms with Gasteiger partial charge in [0, 0.05) is 11.9 Å². The van der Waals surface area contributed by atoms with E-state index in [0.29, 0.717) is 24.4 Å². The highest BCUT2D eigenvalue weighted by Crippen LogP contribution is 2.26. The Labute approximate surface area is 175 Å². The molecule has 0 aliphatic rings. The third-order valence-electron chi connectivity index (χ3n) is 5.14. The highest BCUT2D eigenvalue weighted by atomic mass is 16.5. The molecule has 0 spiro atoms. The van der Waals surface area contributed by atoms with Crippen molar-refractivity contribution in [3.05, 3.63) is 101 Å². The number of aromatic nitrogens is 1. The largest absolute Gasteiger partial charge is 0.467 e. The zero-order valence-corrected chi connectivity index (χ0v) is 17.1. The maximum absolute atomic E-state index is 12.8. The summed E-state index contributed by atoms with van der Waals surface area (Å²) in [6.07, 6.45) is 1.66. The van der Waals surface area contributed by atoms with Crippen LogP contribution < -0.4 is 5.32 Å². The number of carbonyl (C=O) groups is 1. The number of ether oxygens (including phenoxy) is 1. The van der Waals surface area contributed by atoms with Gasteiger partial charge in [-0.15, -0.1) is 0 Å². The van der Waals surface area contributed by atoms with Gasteiger partial charge in [-0.2, -0.15) is 0 Å². The molecule has 0 unspecified atom stereocenters. The first-order valence-electron chi connectivity index (χ1n) is 10.1. The molecule has 2 aromatic heterocycles. The van der Waals surface area contributed by atoms with Crippen LogP contribution in [0.2, 0.25) is 0 Å². The number of fused-ring (bicyclic) bond motifs is 1. The zero-order chi connectivity index (χ0) is 20.9. The van der Waals surface area contributed by atoms with E-state index in [2.05, 4.69) is 5.32 Å². The molecule has 0 bridgehead atoms. The van der Waals surface area contributed by atoms with Crippen molar-refractivity contribution in [2.24, 2.45) is 0 Å². The number of aryl methyl sites for hydroxylation is 1. The van der Waals surface area contributed by atoms with Crippen LogP contribution in [0.3, 0.4) is 0 Å². The molecule has 1 atom stereocenters. The summed E-state index contributed by atoms with van der Waals surface area (Å²) in [4.78, 5) is 17.6. The van der Waals surface area contributed by atoms with Crippen molar-refractivity contribution in [1.82, 2.24) is 10.3 Å². The molecule has 0 aliphatic heterocycles. The third kappa shape index (κ3) is 3.98.